The number of carbonyl (C=O) groups excluding carboxylic acids is 1. The molecule has 2 heterocycles. The van der Waals surface area contributed by atoms with Gasteiger partial charge in [-0.25, -0.2) is 14.8 Å². The fraction of sp³-hybridized carbons (Fsp3) is 0.389. The largest absolute Gasteiger partial charge is 0.465 e. The van der Waals surface area contributed by atoms with Gasteiger partial charge < -0.3 is 15.0 Å². The molecule has 0 unspecified atom stereocenters. The van der Waals surface area contributed by atoms with Crippen molar-refractivity contribution in [3.63, 3.8) is 0 Å². The maximum atomic E-state index is 11.9. The van der Waals surface area contributed by atoms with Crippen LogP contribution in [0.3, 0.4) is 0 Å². The monoisotopic (exact) mass is 326 g/mol. The van der Waals surface area contributed by atoms with Gasteiger partial charge in [0.05, 0.1) is 18.4 Å². The SMILES string of the molecule is COC(=O)c1ccccc1Nc1cc(N2CCCCC2)nc(C)n1. The van der Waals surface area contributed by atoms with E-state index in [9.17, 15) is 4.79 Å². The number of esters is 1. The van der Waals surface area contributed by atoms with Gasteiger partial charge in [-0.2, -0.15) is 0 Å². The van der Waals surface area contributed by atoms with E-state index >= 15 is 0 Å². The number of ether oxygens (including phenoxy) is 1. The average Bonchev–Trinajstić information content (AvgIpc) is 2.62. The van der Waals surface area contributed by atoms with Crippen LogP contribution < -0.4 is 10.2 Å². The van der Waals surface area contributed by atoms with Gasteiger partial charge in [-0.05, 0) is 38.3 Å². The summed E-state index contributed by atoms with van der Waals surface area (Å²) in [6.45, 7) is 3.92. The summed E-state index contributed by atoms with van der Waals surface area (Å²) in [5, 5.41) is 3.23. The van der Waals surface area contributed by atoms with E-state index in [0.29, 0.717) is 22.9 Å². The van der Waals surface area contributed by atoms with E-state index in [1.165, 1.54) is 26.4 Å². The second-order valence-electron chi connectivity index (χ2n) is 5.87. The Hall–Kier alpha value is -2.63. The standard InChI is InChI=1S/C18H22N4O2/c1-13-19-16(12-17(20-13)22-10-6-3-7-11-22)21-15-9-5-4-8-14(15)18(23)24-2/h4-5,8-9,12H,3,6-7,10-11H2,1-2H3,(H,19,20,21). The van der Waals surface area contributed by atoms with Gasteiger partial charge in [0.1, 0.15) is 17.5 Å². The maximum Gasteiger partial charge on any atom is 0.339 e. The van der Waals surface area contributed by atoms with E-state index in [4.69, 9.17) is 4.74 Å². The smallest absolute Gasteiger partial charge is 0.339 e. The molecule has 1 aliphatic heterocycles. The predicted octanol–water partition coefficient (Wildman–Crippen LogP) is 3.31. The van der Waals surface area contributed by atoms with Crippen molar-refractivity contribution in [2.75, 3.05) is 30.4 Å². The molecule has 1 aromatic heterocycles. The van der Waals surface area contributed by atoms with Crippen LogP contribution in [0.15, 0.2) is 30.3 Å². The van der Waals surface area contributed by atoms with Gasteiger partial charge in [0.2, 0.25) is 0 Å². The molecule has 0 radical (unpaired) electrons. The van der Waals surface area contributed by atoms with Crippen molar-refractivity contribution in [3.05, 3.63) is 41.7 Å². The number of aryl methyl sites for hydroxylation is 1. The Balaban J connectivity index is 1.88. The lowest BCUT2D eigenvalue weighted by Crippen LogP contribution is -2.30. The molecule has 0 atom stereocenters. The third-order valence-corrected chi connectivity index (χ3v) is 4.10. The summed E-state index contributed by atoms with van der Waals surface area (Å²) in [4.78, 5) is 23.2. The fourth-order valence-electron chi connectivity index (χ4n) is 2.92. The molecule has 24 heavy (non-hydrogen) atoms. The lowest BCUT2D eigenvalue weighted by molar-refractivity contribution is 0.0602. The number of para-hydroxylation sites is 1. The van der Waals surface area contributed by atoms with Crippen molar-refractivity contribution in [1.29, 1.82) is 0 Å². The molecule has 0 saturated carbocycles. The highest BCUT2D eigenvalue weighted by Gasteiger charge is 2.15. The number of piperidine rings is 1. The summed E-state index contributed by atoms with van der Waals surface area (Å²) in [6.07, 6.45) is 3.66. The minimum Gasteiger partial charge on any atom is -0.465 e. The number of aromatic nitrogens is 2. The zero-order valence-corrected chi connectivity index (χ0v) is 14.1. The van der Waals surface area contributed by atoms with Crippen LogP contribution in [0, 0.1) is 6.92 Å². The van der Waals surface area contributed by atoms with Crippen LogP contribution in [0.1, 0.15) is 35.4 Å². The van der Waals surface area contributed by atoms with Crippen LogP contribution in [-0.2, 0) is 4.74 Å². The summed E-state index contributed by atoms with van der Waals surface area (Å²) < 4.78 is 4.84. The van der Waals surface area contributed by atoms with Crippen molar-refractivity contribution in [1.82, 2.24) is 9.97 Å². The Morgan fingerprint density at radius 3 is 2.67 bits per heavy atom. The van der Waals surface area contributed by atoms with Gasteiger partial charge in [0.15, 0.2) is 0 Å². The number of hydrogen-bond donors (Lipinski definition) is 1. The summed E-state index contributed by atoms with van der Waals surface area (Å²) in [5.41, 5.74) is 1.16. The Kier molecular flexibility index (Phi) is 4.93. The Labute approximate surface area is 141 Å². The molecule has 1 fully saturated rings. The van der Waals surface area contributed by atoms with Gasteiger partial charge in [0.25, 0.3) is 0 Å². The van der Waals surface area contributed by atoms with E-state index in [-0.39, 0.29) is 5.97 Å². The highest BCUT2D eigenvalue weighted by atomic mass is 16.5. The van der Waals surface area contributed by atoms with Crippen molar-refractivity contribution < 1.29 is 9.53 Å². The normalized spacial score (nSPS) is 14.3. The number of nitrogens with zero attached hydrogens (tertiary/aromatic N) is 3. The Morgan fingerprint density at radius 2 is 1.92 bits per heavy atom. The number of rotatable bonds is 4. The second-order valence-corrected chi connectivity index (χ2v) is 5.87. The van der Waals surface area contributed by atoms with E-state index in [2.05, 4.69) is 20.2 Å². The van der Waals surface area contributed by atoms with Crippen molar-refractivity contribution >= 4 is 23.3 Å². The Bertz CT molecular complexity index is 727. The Morgan fingerprint density at radius 1 is 1.17 bits per heavy atom. The van der Waals surface area contributed by atoms with Gasteiger partial charge in [-0.1, -0.05) is 12.1 Å². The molecule has 6 nitrogen and oxygen atoms in total. The quantitative estimate of drug-likeness (QED) is 0.870. The number of methoxy groups -OCH3 is 1. The number of hydrogen-bond acceptors (Lipinski definition) is 6. The molecule has 2 aromatic rings. The van der Waals surface area contributed by atoms with Crippen LogP contribution in [0.2, 0.25) is 0 Å². The van der Waals surface area contributed by atoms with Crippen molar-refractivity contribution in [2.24, 2.45) is 0 Å². The average molecular weight is 326 g/mol. The van der Waals surface area contributed by atoms with Gasteiger partial charge in [0, 0.05) is 19.2 Å². The van der Waals surface area contributed by atoms with E-state index in [1.54, 1.807) is 6.07 Å². The first-order valence-corrected chi connectivity index (χ1v) is 8.22. The first kappa shape index (κ1) is 16.2. The molecule has 0 spiro atoms. The molecular formula is C18H22N4O2. The molecule has 6 heteroatoms. The zero-order valence-electron chi connectivity index (χ0n) is 14.1. The fourth-order valence-corrected chi connectivity index (χ4v) is 2.92. The van der Waals surface area contributed by atoms with Gasteiger partial charge in [-0.15, -0.1) is 0 Å². The second kappa shape index (κ2) is 7.29. The molecule has 1 N–H and O–H groups in total. The number of anilines is 3. The summed E-state index contributed by atoms with van der Waals surface area (Å²) in [5.74, 6) is 1.94. The van der Waals surface area contributed by atoms with Crippen molar-refractivity contribution in [2.45, 2.75) is 26.2 Å². The lowest BCUT2D eigenvalue weighted by Gasteiger charge is -2.28. The highest BCUT2D eigenvalue weighted by Crippen LogP contribution is 2.24. The lowest BCUT2D eigenvalue weighted by atomic mass is 10.1. The molecule has 0 amide bonds. The first-order chi connectivity index (χ1) is 11.7. The third-order valence-electron chi connectivity index (χ3n) is 4.10. The molecule has 1 saturated heterocycles. The minimum absolute atomic E-state index is 0.375. The van der Waals surface area contributed by atoms with Crippen LogP contribution >= 0.6 is 0 Å². The number of nitrogens with one attached hydrogen (secondary N) is 1. The summed E-state index contributed by atoms with van der Waals surface area (Å²) >= 11 is 0. The summed E-state index contributed by atoms with van der Waals surface area (Å²) in [7, 11) is 1.38. The molecule has 0 aliphatic carbocycles. The van der Waals surface area contributed by atoms with Crippen LogP contribution in [0.5, 0.6) is 0 Å². The molecule has 0 bridgehead atoms. The highest BCUT2D eigenvalue weighted by molar-refractivity contribution is 5.96. The molecule has 1 aliphatic rings. The van der Waals surface area contributed by atoms with Crippen LogP contribution in [0.25, 0.3) is 0 Å². The molecule has 3 rings (SSSR count). The van der Waals surface area contributed by atoms with E-state index in [1.807, 2.05) is 31.2 Å². The minimum atomic E-state index is -0.375. The molecule has 1 aromatic carbocycles. The molecule has 126 valence electrons. The topological polar surface area (TPSA) is 67.3 Å². The number of benzene rings is 1. The number of carbonyl (C=O) groups is 1. The van der Waals surface area contributed by atoms with Gasteiger partial charge >= 0.3 is 5.97 Å². The first-order valence-electron chi connectivity index (χ1n) is 8.22. The van der Waals surface area contributed by atoms with Gasteiger partial charge in [-0.3, -0.25) is 0 Å². The van der Waals surface area contributed by atoms with E-state index < -0.39 is 0 Å². The van der Waals surface area contributed by atoms with Crippen LogP contribution in [-0.4, -0.2) is 36.1 Å². The summed E-state index contributed by atoms with van der Waals surface area (Å²) in [6, 6.07) is 9.18. The maximum absolute atomic E-state index is 11.9. The van der Waals surface area contributed by atoms with Crippen molar-refractivity contribution in [3.8, 4) is 0 Å². The zero-order chi connectivity index (χ0) is 16.9. The predicted molar refractivity (Wildman–Crippen MR) is 93.9 cm³/mol. The van der Waals surface area contributed by atoms with Crippen LogP contribution in [0.4, 0.5) is 17.3 Å². The third kappa shape index (κ3) is 3.64. The van der Waals surface area contributed by atoms with E-state index in [0.717, 1.165) is 18.9 Å². The molecular weight excluding hydrogens is 304 g/mol.